The Bertz CT molecular complexity index is 623. The number of para-hydroxylation sites is 1. The van der Waals surface area contributed by atoms with E-state index >= 15 is 0 Å². The molecule has 0 saturated heterocycles. The molecule has 2 aromatic rings. The second kappa shape index (κ2) is 5.22. The van der Waals surface area contributed by atoms with Gasteiger partial charge in [-0.05, 0) is 30.3 Å². The molecule has 19 heavy (non-hydrogen) atoms. The summed E-state index contributed by atoms with van der Waals surface area (Å²) in [5, 5.41) is 8.93. The highest BCUT2D eigenvalue weighted by Crippen LogP contribution is 2.26. The van der Waals surface area contributed by atoms with Crippen LogP contribution in [-0.2, 0) is 0 Å². The quantitative estimate of drug-likeness (QED) is 0.879. The molecular formula is C14H11NO4. The van der Waals surface area contributed by atoms with Crippen LogP contribution in [0.1, 0.15) is 20.7 Å². The maximum Gasteiger partial charge on any atom is 0.335 e. The number of carboxylic acid groups (broad SMARTS) is 1. The zero-order valence-electron chi connectivity index (χ0n) is 9.87. The van der Waals surface area contributed by atoms with Gasteiger partial charge in [0.05, 0.1) is 11.1 Å². The topological polar surface area (TPSA) is 89.6 Å². The number of carbonyl (C=O) groups is 2. The first-order valence-corrected chi connectivity index (χ1v) is 5.48. The number of hydrogen-bond donors (Lipinski definition) is 2. The molecule has 96 valence electrons. The fourth-order valence-corrected chi connectivity index (χ4v) is 1.56. The molecule has 0 aliphatic heterocycles. The molecule has 5 nitrogen and oxygen atoms in total. The van der Waals surface area contributed by atoms with Crippen molar-refractivity contribution in [1.29, 1.82) is 0 Å². The molecule has 0 aliphatic carbocycles. The molecule has 2 aromatic carbocycles. The van der Waals surface area contributed by atoms with Gasteiger partial charge in [-0.15, -0.1) is 0 Å². The van der Waals surface area contributed by atoms with Crippen molar-refractivity contribution in [3.05, 3.63) is 59.7 Å². The van der Waals surface area contributed by atoms with Crippen molar-refractivity contribution in [2.24, 2.45) is 5.73 Å². The standard InChI is InChI=1S/C14H11NO4/c15-13(16)11-7-6-9(14(17)18)8-12(11)19-10-4-2-1-3-5-10/h1-8H,(H2,15,16)(H,17,18). The van der Waals surface area contributed by atoms with Crippen molar-refractivity contribution >= 4 is 11.9 Å². The van der Waals surface area contributed by atoms with Crippen LogP contribution in [0.25, 0.3) is 0 Å². The third-order valence-electron chi connectivity index (χ3n) is 2.47. The minimum atomic E-state index is -1.10. The van der Waals surface area contributed by atoms with E-state index < -0.39 is 11.9 Å². The first-order valence-electron chi connectivity index (χ1n) is 5.48. The van der Waals surface area contributed by atoms with Crippen LogP contribution in [0.2, 0.25) is 0 Å². The van der Waals surface area contributed by atoms with E-state index in [1.54, 1.807) is 24.3 Å². The molecular weight excluding hydrogens is 246 g/mol. The lowest BCUT2D eigenvalue weighted by molar-refractivity contribution is 0.0696. The number of primary amides is 1. The fraction of sp³-hybridized carbons (Fsp3) is 0. The van der Waals surface area contributed by atoms with Crippen LogP contribution >= 0.6 is 0 Å². The Hall–Kier alpha value is -2.82. The lowest BCUT2D eigenvalue weighted by Crippen LogP contribution is -2.13. The summed E-state index contributed by atoms with van der Waals surface area (Å²) >= 11 is 0. The minimum absolute atomic E-state index is 0.0240. The van der Waals surface area contributed by atoms with Crippen molar-refractivity contribution in [3.63, 3.8) is 0 Å². The van der Waals surface area contributed by atoms with Crippen LogP contribution in [0.3, 0.4) is 0 Å². The Kier molecular flexibility index (Phi) is 3.47. The molecule has 0 unspecified atom stereocenters. The van der Waals surface area contributed by atoms with E-state index in [9.17, 15) is 9.59 Å². The van der Waals surface area contributed by atoms with Crippen molar-refractivity contribution in [2.75, 3.05) is 0 Å². The van der Waals surface area contributed by atoms with Crippen LogP contribution in [0.15, 0.2) is 48.5 Å². The predicted molar refractivity (Wildman–Crippen MR) is 68.4 cm³/mol. The molecule has 1 amide bonds. The maximum absolute atomic E-state index is 11.3. The van der Waals surface area contributed by atoms with Gasteiger partial charge < -0.3 is 15.6 Å². The third kappa shape index (κ3) is 2.90. The second-order valence-corrected chi connectivity index (χ2v) is 3.80. The predicted octanol–water partition coefficient (Wildman–Crippen LogP) is 2.28. The minimum Gasteiger partial charge on any atom is -0.478 e. The van der Waals surface area contributed by atoms with E-state index in [0.29, 0.717) is 5.75 Å². The van der Waals surface area contributed by atoms with Crippen molar-refractivity contribution in [3.8, 4) is 11.5 Å². The molecule has 3 N–H and O–H groups in total. The highest BCUT2D eigenvalue weighted by Gasteiger charge is 2.14. The number of nitrogens with two attached hydrogens (primary N) is 1. The summed E-state index contributed by atoms with van der Waals surface area (Å²) in [4.78, 5) is 22.2. The molecule has 0 aliphatic rings. The number of aromatic carboxylic acids is 1. The summed E-state index contributed by atoms with van der Waals surface area (Å²) < 4.78 is 5.50. The number of benzene rings is 2. The van der Waals surface area contributed by atoms with Gasteiger partial charge in [-0.3, -0.25) is 4.79 Å². The van der Waals surface area contributed by atoms with Gasteiger partial charge in [0.25, 0.3) is 5.91 Å². The summed E-state index contributed by atoms with van der Waals surface area (Å²) in [6, 6.07) is 12.6. The molecule has 0 atom stereocenters. The first-order chi connectivity index (χ1) is 9.08. The number of carbonyl (C=O) groups excluding carboxylic acids is 1. The van der Waals surface area contributed by atoms with Crippen LogP contribution in [0.4, 0.5) is 0 Å². The molecule has 0 bridgehead atoms. The summed E-state index contributed by atoms with van der Waals surface area (Å²) in [6.07, 6.45) is 0. The van der Waals surface area contributed by atoms with Crippen molar-refractivity contribution in [2.45, 2.75) is 0 Å². The average molecular weight is 257 g/mol. The number of amides is 1. The van der Waals surface area contributed by atoms with Crippen LogP contribution in [-0.4, -0.2) is 17.0 Å². The highest BCUT2D eigenvalue weighted by atomic mass is 16.5. The molecule has 0 spiro atoms. The van der Waals surface area contributed by atoms with E-state index in [2.05, 4.69) is 0 Å². The Balaban J connectivity index is 2.43. The van der Waals surface area contributed by atoms with Gasteiger partial charge in [0.2, 0.25) is 0 Å². The lowest BCUT2D eigenvalue weighted by atomic mass is 10.1. The molecule has 5 heteroatoms. The SMILES string of the molecule is NC(=O)c1ccc(C(=O)O)cc1Oc1ccccc1. The normalized spacial score (nSPS) is 9.89. The summed E-state index contributed by atoms with van der Waals surface area (Å²) in [5.41, 5.74) is 5.39. The summed E-state index contributed by atoms with van der Waals surface area (Å²) in [5.74, 6) is -1.16. The zero-order valence-corrected chi connectivity index (χ0v) is 9.87. The highest BCUT2D eigenvalue weighted by molar-refractivity contribution is 5.97. The number of rotatable bonds is 4. The second-order valence-electron chi connectivity index (χ2n) is 3.80. The van der Waals surface area contributed by atoms with Crippen molar-refractivity contribution in [1.82, 2.24) is 0 Å². The zero-order chi connectivity index (χ0) is 13.8. The van der Waals surface area contributed by atoms with Crippen LogP contribution < -0.4 is 10.5 Å². The molecule has 2 rings (SSSR count). The maximum atomic E-state index is 11.3. The van der Waals surface area contributed by atoms with E-state index in [-0.39, 0.29) is 16.9 Å². The average Bonchev–Trinajstić information content (AvgIpc) is 2.39. The third-order valence-corrected chi connectivity index (χ3v) is 2.47. The Morgan fingerprint density at radius 2 is 1.74 bits per heavy atom. The van der Waals surface area contributed by atoms with Crippen molar-refractivity contribution < 1.29 is 19.4 Å². The van der Waals surface area contributed by atoms with E-state index in [0.717, 1.165) is 0 Å². The van der Waals surface area contributed by atoms with Gasteiger partial charge in [-0.2, -0.15) is 0 Å². The molecule has 0 heterocycles. The monoisotopic (exact) mass is 257 g/mol. The van der Waals surface area contributed by atoms with E-state index in [4.69, 9.17) is 15.6 Å². The Labute approximate surface area is 109 Å². The van der Waals surface area contributed by atoms with Gasteiger partial charge in [-0.25, -0.2) is 4.79 Å². The van der Waals surface area contributed by atoms with Gasteiger partial charge >= 0.3 is 5.97 Å². The Morgan fingerprint density at radius 1 is 1.05 bits per heavy atom. The largest absolute Gasteiger partial charge is 0.478 e. The number of carboxylic acids is 1. The number of hydrogen-bond acceptors (Lipinski definition) is 3. The van der Waals surface area contributed by atoms with E-state index in [1.807, 2.05) is 6.07 Å². The van der Waals surface area contributed by atoms with Gasteiger partial charge in [0.15, 0.2) is 0 Å². The van der Waals surface area contributed by atoms with Crippen LogP contribution in [0.5, 0.6) is 11.5 Å². The van der Waals surface area contributed by atoms with E-state index in [1.165, 1.54) is 18.2 Å². The van der Waals surface area contributed by atoms with Gasteiger partial charge in [-0.1, -0.05) is 18.2 Å². The smallest absolute Gasteiger partial charge is 0.335 e. The van der Waals surface area contributed by atoms with Gasteiger partial charge in [0, 0.05) is 0 Å². The van der Waals surface area contributed by atoms with Crippen LogP contribution in [0, 0.1) is 0 Å². The molecule has 0 fully saturated rings. The molecule has 0 saturated carbocycles. The summed E-state index contributed by atoms with van der Waals surface area (Å²) in [6.45, 7) is 0. The summed E-state index contributed by atoms with van der Waals surface area (Å²) in [7, 11) is 0. The fourth-order valence-electron chi connectivity index (χ4n) is 1.56. The number of ether oxygens (including phenoxy) is 1. The molecule has 0 aromatic heterocycles. The van der Waals surface area contributed by atoms with Gasteiger partial charge in [0.1, 0.15) is 11.5 Å². The molecule has 0 radical (unpaired) electrons. The first kappa shape index (κ1) is 12.6. The Morgan fingerprint density at radius 3 is 2.32 bits per heavy atom. The lowest BCUT2D eigenvalue weighted by Gasteiger charge is -2.09.